The number of aromatic hydroxyl groups is 3. The van der Waals surface area contributed by atoms with Gasteiger partial charge < -0.3 is 24.5 Å². The molecule has 0 aliphatic rings. The van der Waals surface area contributed by atoms with Crippen molar-refractivity contribution < 1.29 is 29.3 Å². The van der Waals surface area contributed by atoms with Crippen molar-refractivity contribution in [1.29, 1.82) is 0 Å². The second-order valence-corrected chi connectivity index (χ2v) is 8.59. The molecule has 3 aromatic heterocycles. The number of carbonyl (C=O) groups is 1. The molecular formula is C25H20N2O6S. The van der Waals surface area contributed by atoms with Crippen molar-refractivity contribution in [3.63, 3.8) is 0 Å². The molecule has 0 fully saturated rings. The summed E-state index contributed by atoms with van der Waals surface area (Å²) in [5, 5.41) is 32.3. The standard InChI is InChI=1S/C25H20N2O6S/c1-3-32-16-8-9-17-19(12-16)34-25(26-17)27-21(14-5-4-6-15(28)11-14)20(23(30)24(27)31)22(29)18-10-7-13(2)33-18/h4-12,28,30-31H,3H2,1-2H3. The smallest absolute Gasteiger partial charge is 0.242 e. The Kier molecular flexibility index (Phi) is 5.25. The highest BCUT2D eigenvalue weighted by molar-refractivity contribution is 7.20. The van der Waals surface area contributed by atoms with Gasteiger partial charge >= 0.3 is 0 Å². The molecule has 0 bridgehead atoms. The number of benzene rings is 2. The number of nitrogens with zero attached hydrogens (tertiary/aromatic N) is 2. The Balaban J connectivity index is 1.77. The van der Waals surface area contributed by atoms with E-state index in [2.05, 4.69) is 4.98 Å². The molecule has 8 nitrogen and oxygen atoms in total. The Labute approximate surface area is 197 Å². The van der Waals surface area contributed by atoms with E-state index in [9.17, 15) is 20.1 Å². The molecule has 0 saturated carbocycles. The van der Waals surface area contributed by atoms with Crippen molar-refractivity contribution in [3.8, 4) is 39.5 Å². The van der Waals surface area contributed by atoms with Gasteiger partial charge in [0.15, 0.2) is 16.6 Å². The number of ether oxygens (including phenoxy) is 1. The minimum Gasteiger partial charge on any atom is -0.508 e. The molecule has 9 heteroatoms. The first-order chi connectivity index (χ1) is 16.4. The maximum atomic E-state index is 13.4. The van der Waals surface area contributed by atoms with Crippen LogP contribution in [0.3, 0.4) is 0 Å². The van der Waals surface area contributed by atoms with Crippen LogP contribution in [-0.2, 0) is 0 Å². The normalized spacial score (nSPS) is 11.2. The first kappa shape index (κ1) is 21.6. The van der Waals surface area contributed by atoms with Crippen molar-refractivity contribution in [3.05, 3.63) is 71.7 Å². The van der Waals surface area contributed by atoms with Crippen molar-refractivity contribution in [2.24, 2.45) is 0 Å². The lowest BCUT2D eigenvalue weighted by molar-refractivity contribution is 0.101. The molecule has 0 atom stereocenters. The van der Waals surface area contributed by atoms with Crippen LogP contribution in [0.15, 0.2) is 59.0 Å². The number of thiazole rings is 1. The average Bonchev–Trinajstić information content (AvgIpc) is 3.50. The number of hydrogen-bond donors (Lipinski definition) is 3. The lowest BCUT2D eigenvalue weighted by Crippen LogP contribution is -2.04. The number of fused-ring (bicyclic) bond motifs is 1. The SMILES string of the molecule is CCOc1ccc2nc(-n3c(O)c(O)c(C(=O)c4ccc(C)o4)c3-c3cccc(O)c3)sc2c1. The van der Waals surface area contributed by atoms with Gasteiger partial charge in [-0.1, -0.05) is 23.5 Å². The fourth-order valence-electron chi connectivity index (χ4n) is 3.80. The zero-order chi connectivity index (χ0) is 24.0. The van der Waals surface area contributed by atoms with Gasteiger partial charge in [0.2, 0.25) is 11.7 Å². The van der Waals surface area contributed by atoms with E-state index >= 15 is 0 Å². The van der Waals surface area contributed by atoms with Gasteiger partial charge in [-0.25, -0.2) is 4.98 Å². The predicted molar refractivity (Wildman–Crippen MR) is 127 cm³/mol. The van der Waals surface area contributed by atoms with Crippen molar-refractivity contribution >= 4 is 27.3 Å². The van der Waals surface area contributed by atoms with Gasteiger partial charge in [0.1, 0.15) is 17.3 Å². The lowest BCUT2D eigenvalue weighted by Gasteiger charge is -2.09. The maximum Gasteiger partial charge on any atom is 0.242 e. The number of carbonyl (C=O) groups excluding carboxylic acids is 1. The van der Waals surface area contributed by atoms with Crippen LogP contribution in [0.2, 0.25) is 0 Å². The zero-order valence-corrected chi connectivity index (χ0v) is 19.1. The van der Waals surface area contributed by atoms with Crippen LogP contribution in [0, 0.1) is 6.92 Å². The highest BCUT2D eigenvalue weighted by Crippen LogP contribution is 2.46. The number of hydrogen-bond acceptors (Lipinski definition) is 8. The van der Waals surface area contributed by atoms with Crippen LogP contribution in [0.25, 0.3) is 26.6 Å². The van der Waals surface area contributed by atoms with E-state index in [1.807, 2.05) is 13.0 Å². The van der Waals surface area contributed by atoms with E-state index < -0.39 is 17.4 Å². The van der Waals surface area contributed by atoms with E-state index in [1.165, 1.54) is 34.1 Å². The highest BCUT2D eigenvalue weighted by Gasteiger charge is 2.32. The Bertz CT molecular complexity index is 1540. The van der Waals surface area contributed by atoms with Gasteiger partial charge in [-0.15, -0.1) is 0 Å². The zero-order valence-electron chi connectivity index (χ0n) is 18.3. The number of ketones is 1. The minimum absolute atomic E-state index is 0.0111. The van der Waals surface area contributed by atoms with E-state index in [-0.39, 0.29) is 22.8 Å². The van der Waals surface area contributed by atoms with E-state index in [4.69, 9.17) is 9.15 Å². The second-order valence-electron chi connectivity index (χ2n) is 7.58. The number of rotatable bonds is 6. The summed E-state index contributed by atoms with van der Waals surface area (Å²) in [4.78, 5) is 18.0. The molecule has 0 aliphatic heterocycles. The first-order valence-corrected chi connectivity index (χ1v) is 11.3. The molecule has 34 heavy (non-hydrogen) atoms. The van der Waals surface area contributed by atoms with Crippen molar-refractivity contribution in [2.75, 3.05) is 6.61 Å². The first-order valence-electron chi connectivity index (χ1n) is 10.5. The summed E-state index contributed by atoms with van der Waals surface area (Å²) in [6.45, 7) is 4.11. The molecule has 3 N–H and O–H groups in total. The number of aryl methyl sites for hydroxylation is 1. The highest BCUT2D eigenvalue weighted by atomic mass is 32.1. The molecule has 5 rings (SSSR count). The third-order valence-corrected chi connectivity index (χ3v) is 6.29. The van der Waals surface area contributed by atoms with Gasteiger partial charge in [-0.3, -0.25) is 9.36 Å². The Morgan fingerprint density at radius 3 is 2.65 bits per heavy atom. The van der Waals surface area contributed by atoms with Crippen LogP contribution in [0.4, 0.5) is 0 Å². The molecule has 3 heterocycles. The third-order valence-electron chi connectivity index (χ3n) is 5.28. The number of aromatic nitrogens is 2. The fraction of sp³-hybridized carbons (Fsp3) is 0.120. The molecule has 2 aromatic carbocycles. The number of phenolic OH excluding ortho intramolecular Hbond substituents is 1. The van der Waals surface area contributed by atoms with Crippen LogP contribution in [-0.4, -0.2) is 37.3 Å². The average molecular weight is 477 g/mol. The summed E-state index contributed by atoms with van der Waals surface area (Å²) < 4.78 is 13.1. The Hall–Kier alpha value is -4.24. The van der Waals surface area contributed by atoms with Gasteiger partial charge in [0, 0.05) is 5.56 Å². The van der Waals surface area contributed by atoms with Crippen LogP contribution in [0.1, 0.15) is 28.8 Å². The van der Waals surface area contributed by atoms with Gasteiger partial charge in [-0.05, 0) is 56.3 Å². The minimum atomic E-state index is -0.613. The van der Waals surface area contributed by atoms with E-state index in [1.54, 1.807) is 37.3 Å². The molecular weight excluding hydrogens is 456 g/mol. The monoisotopic (exact) mass is 476 g/mol. The summed E-state index contributed by atoms with van der Waals surface area (Å²) in [6.07, 6.45) is 0. The van der Waals surface area contributed by atoms with Gasteiger partial charge in [0.25, 0.3) is 0 Å². The molecule has 0 radical (unpaired) electrons. The third kappa shape index (κ3) is 3.56. The van der Waals surface area contributed by atoms with Crippen LogP contribution < -0.4 is 4.74 Å². The summed E-state index contributed by atoms with van der Waals surface area (Å²) in [5.41, 5.74) is 1.07. The summed E-state index contributed by atoms with van der Waals surface area (Å²) in [5.74, 6) is -0.582. The molecule has 0 amide bonds. The lowest BCUT2D eigenvalue weighted by atomic mass is 10.0. The second kappa shape index (κ2) is 8.27. The molecule has 0 spiro atoms. The number of phenols is 1. The predicted octanol–water partition coefficient (Wildman–Crippen LogP) is 5.40. The summed E-state index contributed by atoms with van der Waals surface area (Å²) >= 11 is 1.25. The quantitative estimate of drug-likeness (QED) is 0.281. The summed E-state index contributed by atoms with van der Waals surface area (Å²) in [7, 11) is 0. The van der Waals surface area contributed by atoms with Crippen molar-refractivity contribution in [2.45, 2.75) is 13.8 Å². The molecule has 0 saturated heterocycles. The molecule has 5 aromatic rings. The Morgan fingerprint density at radius 1 is 1.12 bits per heavy atom. The fourth-order valence-corrected chi connectivity index (χ4v) is 4.80. The largest absolute Gasteiger partial charge is 0.508 e. The van der Waals surface area contributed by atoms with E-state index in [0.717, 1.165) is 4.70 Å². The van der Waals surface area contributed by atoms with E-state index in [0.29, 0.717) is 34.3 Å². The molecule has 0 unspecified atom stereocenters. The summed E-state index contributed by atoms with van der Waals surface area (Å²) in [6, 6.07) is 14.8. The van der Waals surface area contributed by atoms with Crippen molar-refractivity contribution in [1.82, 2.24) is 9.55 Å². The van der Waals surface area contributed by atoms with Crippen LogP contribution >= 0.6 is 11.3 Å². The number of furan rings is 1. The van der Waals surface area contributed by atoms with Crippen LogP contribution in [0.5, 0.6) is 23.1 Å². The molecule has 172 valence electrons. The topological polar surface area (TPSA) is 118 Å². The maximum absolute atomic E-state index is 13.4. The molecule has 0 aliphatic carbocycles. The van der Waals surface area contributed by atoms with Gasteiger partial charge in [0.05, 0.1) is 28.1 Å². The van der Waals surface area contributed by atoms with Gasteiger partial charge in [-0.2, -0.15) is 0 Å². The Morgan fingerprint density at radius 2 is 1.94 bits per heavy atom.